The van der Waals surface area contributed by atoms with E-state index in [4.69, 9.17) is 26.1 Å². The van der Waals surface area contributed by atoms with Crippen LogP contribution in [0.25, 0.3) is 33.3 Å². The van der Waals surface area contributed by atoms with Crippen LogP contribution in [0.4, 0.5) is 0 Å². The van der Waals surface area contributed by atoms with Crippen molar-refractivity contribution in [1.29, 1.82) is 4.78 Å². The van der Waals surface area contributed by atoms with Gasteiger partial charge in [0.05, 0.1) is 40.7 Å². The summed E-state index contributed by atoms with van der Waals surface area (Å²) in [5.74, 6) is 2.78. The molecule has 1 fully saturated rings. The molecule has 0 saturated carbocycles. The highest BCUT2D eigenvalue weighted by Crippen LogP contribution is 2.36. The Bertz CT molecular complexity index is 1680. The molecule has 6 rings (SSSR count). The van der Waals surface area contributed by atoms with Crippen molar-refractivity contribution in [2.75, 3.05) is 11.5 Å². The first-order valence-corrected chi connectivity index (χ1v) is 13.5. The summed E-state index contributed by atoms with van der Waals surface area (Å²) < 4.78 is 27.7. The monoisotopic (exact) mass is 507 g/mol. The van der Waals surface area contributed by atoms with Gasteiger partial charge in [0.25, 0.3) is 0 Å². The Morgan fingerprint density at radius 3 is 2.77 bits per heavy atom. The number of aryl methyl sites for hydroxylation is 1. The van der Waals surface area contributed by atoms with Crippen molar-refractivity contribution in [3.05, 3.63) is 59.8 Å². The Morgan fingerprint density at radius 2 is 1.94 bits per heavy atom. The van der Waals surface area contributed by atoms with Gasteiger partial charge in [-0.2, -0.15) is 5.10 Å². The summed E-state index contributed by atoms with van der Waals surface area (Å²) in [5, 5.41) is 4.87. The summed E-state index contributed by atoms with van der Waals surface area (Å²) in [7, 11) is -2.43. The van der Waals surface area contributed by atoms with E-state index in [-0.39, 0.29) is 6.04 Å². The molecule has 35 heavy (non-hydrogen) atoms. The number of halogens is 1. The predicted molar refractivity (Wildman–Crippen MR) is 136 cm³/mol. The largest absolute Gasteiger partial charge is 0.456 e. The Balaban J connectivity index is 1.29. The van der Waals surface area contributed by atoms with Crippen LogP contribution >= 0.6 is 11.6 Å². The van der Waals surface area contributed by atoms with Gasteiger partial charge in [-0.15, -0.1) is 0 Å². The molecule has 5 aromatic rings. The molecule has 0 radical (unpaired) electrons. The molecule has 0 bridgehead atoms. The molecular weight excluding hydrogens is 486 g/mol. The molecule has 0 amide bonds. The van der Waals surface area contributed by atoms with E-state index in [0.29, 0.717) is 57.6 Å². The maximum atomic E-state index is 12.0. The van der Waals surface area contributed by atoms with Gasteiger partial charge in [-0.3, -0.25) is 14.4 Å². The van der Waals surface area contributed by atoms with Crippen LogP contribution in [0.15, 0.2) is 48.9 Å². The minimum atomic E-state index is -2.43. The van der Waals surface area contributed by atoms with Gasteiger partial charge in [0.2, 0.25) is 0 Å². The number of hydrogen-bond acceptors (Lipinski definition) is 7. The zero-order valence-corrected chi connectivity index (χ0v) is 20.4. The number of H-pyrrole nitrogens is 1. The summed E-state index contributed by atoms with van der Waals surface area (Å²) in [6, 6.07) is 9.38. The molecule has 11 heteroatoms. The van der Waals surface area contributed by atoms with Crippen LogP contribution in [-0.2, 0) is 9.73 Å². The second-order valence-electron chi connectivity index (χ2n) is 8.76. The number of rotatable bonds is 4. The molecule has 0 spiro atoms. The first-order chi connectivity index (χ1) is 16.8. The number of nitrogens with zero attached hydrogens (tertiary/aromatic N) is 5. The smallest absolute Gasteiger partial charge is 0.148 e. The zero-order chi connectivity index (χ0) is 24.2. The van der Waals surface area contributed by atoms with Crippen LogP contribution in [0, 0.1) is 11.7 Å². The molecule has 0 unspecified atom stereocenters. The first kappa shape index (κ1) is 22.0. The van der Waals surface area contributed by atoms with Crippen molar-refractivity contribution in [1.82, 2.24) is 29.7 Å². The normalized spacial score (nSPS) is 20.5. The topological polar surface area (TPSA) is 122 Å². The van der Waals surface area contributed by atoms with Crippen LogP contribution in [0.1, 0.15) is 24.7 Å². The zero-order valence-electron chi connectivity index (χ0n) is 18.9. The highest BCUT2D eigenvalue weighted by molar-refractivity contribution is 7.92. The fraction of sp³-hybridized carbons (Fsp3) is 0.250. The van der Waals surface area contributed by atoms with Crippen LogP contribution in [0.3, 0.4) is 0 Å². The van der Waals surface area contributed by atoms with E-state index in [1.165, 1.54) is 0 Å². The minimum Gasteiger partial charge on any atom is -0.456 e. The number of ether oxygens (including phenoxy) is 1. The Labute approximate surface area is 206 Å². The lowest BCUT2D eigenvalue weighted by molar-refractivity contribution is 0.420. The van der Waals surface area contributed by atoms with Gasteiger partial charge in [-0.05, 0) is 44.0 Å². The van der Waals surface area contributed by atoms with Crippen molar-refractivity contribution < 1.29 is 8.95 Å². The summed E-state index contributed by atoms with van der Waals surface area (Å²) >= 11 is 6.71. The van der Waals surface area contributed by atoms with Gasteiger partial charge in [0.15, 0.2) is 0 Å². The summed E-state index contributed by atoms with van der Waals surface area (Å²) in [6.45, 7) is 1.91. The molecular formula is C24H22ClN7O2S. The van der Waals surface area contributed by atoms with Crippen molar-refractivity contribution in [3.63, 3.8) is 0 Å². The lowest BCUT2D eigenvalue weighted by Crippen LogP contribution is -2.24. The summed E-state index contributed by atoms with van der Waals surface area (Å²) in [5.41, 5.74) is 4.43. The average Bonchev–Trinajstić information content (AvgIpc) is 3.47. The third-order valence-electron chi connectivity index (χ3n) is 6.25. The SMILES string of the molecule is Cc1nc2ccc(Oc3ccc4ncc(-c5cnn(C6CCS(=N)(=O)CC6)c5)nc4c3Cl)cc2[nH]1. The number of hydrogen-bond donors (Lipinski definition) is 2. The van der Waals surface area contributed by atoms with E-state index in [1.807, 2.05) is 42.1 Å². The van der Waals surface area contributed by atoms with Crippen LogP contribution < -0.4 is 4.74 Å². The van der Waals surface area contributed by atoms with E-state index in [9.17, 15) is 4.21 Å². The number of aromatic amines is 1. The molecule has 0 atom stereocenters. The minimum absolute atomic E-state index is 0.136. The lowest BCUT2D eigenvalue weighted by Gasteiger charge is -2.23. The van der Waals surface area contributed by atoms with Crippen molar-refractivity contribution >= 4 is 43.4 Å². The number of nitrogens with one attached hydrogen (secondary N) is 2. The number of imidazole rings is 1. The van der Waals surface area contributed by atoms with Gasteiger partial charge in [-0.25, -0.2) is 14.2 Å². The third kappa shape index (κ3) is 4.23. The Morgan fingerprint density at radius 1 is 1.14 bits per heavy atom. The fourth-order valence-corrected chi connectivity index (χ4v) is 6.14. The van der Waals surface area contributed by atoms with E-state index in [0.717, 1.165) is 22.4 Å². The number of benzene rings is 2. The molecule has 178 valence electrons. The number of fused-ring (bicyclic) bond motifs is 2. The second kappa shape index (κ2) is 8.31. The molecule has 2 N–H and O–H groups in total. The van der Waals surface area contributed by atoms with Crippen molar-refractivity contribution in [2.24, 2.45) is 0 Å². The maximum Gasteiger partial charge on any atom is 0.148 e. The molecule has 1 saturated heterocycles. The molecule has 3 aromatic heterocycles. The van der Waals surface area contributed by atoms with E-state index >= 15 is 0 Å². The van der Waals surface area contributed by atoms with Gasteiger partial charge in [-0.1, -0.05) is 11.6 Å². The van der Waals surface area contributed by atoms with Crippen molar-refractivity contribution in [3.8, 4) is 22.8 Å². The predicted octanol–water partition coefficient (Wildman–Crippen LogP) is 5.51. The molecule has 1 aliphatic heterocycles. The Kier molecular flexibility index (Phi) is 5.23. The second-order valence-corrected chi connectivity index (χ2v) is 11.6. The van der Waals surface area contributed by atoms with Crippen LogP contribution in [0.5, 0.6) is 11.5 Å². The van der Waals surface area contributed by atoms with Gasteiger partial charge >= 0.3 is 0 Å². The van der Waals surface area contributed by atoms with Gasteiger partial charge < -0.3 is 9.72 Å². The van der Waals surface area contributed by atoms with Gasteiger partial charge in [0.1, 0.15) is 27.9 Å². The molecule has 0 aliphatic carbocycles. The summed E-state index contributed by atoms with van der Waals surface area (Å²) in [6.07, 6.45) is 6.74. The molecule has 1 aliphatic rings. The van der Waals surface area contributed by atoms with Crippen molar-refractivity contribution in [2.45, 2.75) is 25.8 Å². The van der Waals surface area contributed by atoms with Crippen LogP contribution in [-0.4, -0.2) is 45.4 Å². The summed E-state index contributed by atoms with van der Waals surface area (Å²) in [4.78, 5) is 16.9. The molecule has 2 aromatic carbocycles. The lowest BCUT2D eigenvalue weighted by atomic mass is 10.1. The molecule has 4 heterocycles. The van der Waals surface area contributed by atoms with E-state index < -0.39 is 9.73 Å². The first-order valence-electron chi connectivity index (χ1n) is 11.2. The highest BCUT2D eigenvalue weighted by Gasteiger charge is 2.23. The third-order valence-corrected chi connectivity index (χ3v) is 8.41. The highest BCUT2D eigenvalue weighted by atomic mass is 35.5. The fourth-order valence-electron chi connectivity index (χ4n) is 4.38. The van der Waals surface area contributed by atoms with Gasteiger partial charge in [0, 0.05) is 39.1 Å². The maximum absolute atomic E-state index is 12.0. The quantitative estimate of drug-likeness (QED) is 0.331. The van der Waals surface area contributed by atoms with Crippen LogP contribution in [0.2, 0.25) is 5.02 Å². The average molecular weight is 508 g/mol. The standard InChI is InChI=1S/C24H22ClN7O2S/c1-14-29-18-3-2-17(10-20(18)30-14)34-22-5-4-19-24(23(22)25)31-21(12-27-19)15-11-28-32(13-15)16-6-8-35(26,33)9-7-16/h2-5,10-13,16,26H,6-9H2,1H3,(H,29,30). The van der Waals surface area contributed by atoms with E-state index in [1.54, 1.807) is 18.5 Å². The number of aromatic nitrogens is 6. The Hall–Kier alpha value is -3.50. The molecule has 9 nitrogen and oxygen atoms in total. The van der Waals surface area contributed by atoms with E-state index in [2.05, 4.69) is 20.1 Å².